The summed E-state index contributed by atoms with van der Waals surface area (Å²) in [5.41, 5.74) is 0.514. The lowest BCUT2D eigenvalue weighted by Gasteiger charge is -2.38. The first-order valence-electron chi connectivity index (χ1n) is 8.63. The molecule has 5 nitrogen and oxygen atoms in total. The molecule has 1 saturated heterocycles. The molecule has 1 unspecified atom stereocenters. The SMILES string of the molecule is Cl.O=C(NC1CCSc2ccc(Cl)cc21)C1(n2cccn2)CCNCC1. The zero-order chi connectivity index (χ0) is 17.3. The van der Waals surface area contributed by atoms with Gasteiger partial charge in [0.15, 0.2) is 0 Å². The summed E-state index contributed by atoms with van der Waals surface area (Å²) in [6.07, 6.45) is 6.03. The van der Waals surface area contributed by atoms with Crippen molar-refractivity contribution in [2.45, 2.75) is 35.7 Å². The van der Waals surface area contributed by atoms with Crippen molar-refractivity contribution >= 4 is 41.7 Å². The molecule has 0 radical (unpaired) electrons. The lowest BCUT2D eigenvalue weighted by molar-refractivity contribution is -0.132. The third-order valence-corrected chi connectivity index (χ3v) is 6.47. The lowest BCUT2D eigenvalue weighted by atomic mass is 9.86. The van der Waals surface area contributed by atoms with E-state index in [9.17, 15) is 4.79 Å². The van der Waals surface area contributed by atoms with Gasteiger partial charge < -0.3 is 10.6 Å². The van der Waals surface area contributed by atoms with Crippen molar-refractivity contribution in [2.75, 3.05) is 18.8 Å². The molecule has 26 heavy (non-hydrogen) atoms. The van der Waals surface area contributed by atoms with Crippen LogP contribution in [0.3, 0.4) is 0 Å². The second kappa shape index (κ2) is 8.21. The molecule has 0 spiro atoms. The van der Waals surface area contributed by atoms with Crippen LogP contribution in [0.15, 0.2) is 41.6 Å². The van der Waals surface area contributed by atoms with Gasteiger partial charge in [0.2, 0.25) is 5.91 Å². The van der Waals surface area contributed by atoms with Gasteiger partial charge in [-0.25, -0.2) is 0 Å². The largest absolute Gasteiger partial charge is 0.347 e. The zero-order valence-corrected chi connectivity index (χ0v) is 16.7. The maximum atomic E-state index is 13.3. The highest BCUT2D eigenvalue weighted by Crippen LogP contribution is 2.38. The number of hydrogen-bond acceptors (Lipinski definition) is 4. The van der Waals surface area contributed by atoms with E-state index in [1.165, 1.54) is 4.90 Å². The Kier molecular flexibility index (Phi) is 6.17. The van der Waals surface area contributed by atoms with Crippen molar-refractivity contribution in [3.8, 4) is 0 Å². The summed E-state index contributed by atoms with van der Waals surface area (Å²) < 4.78 is 1.83. The van der Waals surface area contributed by atoms with E-state index in [-0.39, 0.29) is 24.4 Å². The van der Waals surface area contributed by atoms with Crippen molar-refractivity contribution in [2.24, 2.45) is 0 Å². The number of benzene rings is 1. The third kappa shape index (κ3) is 3.60. The molecule has 1 atom stereocenters. The smallest absolute Gasteiger partial charge is 0.248 e. The van der Waals surface area contributed by atoms with Crippen LogP contribution in [-0.2, 0) is 10.3 Å². The molecule has 4 rings (SSSR count). The number of fused-ring (bicyclic) bond motifs is 1. The molecule has 140 valence electrons. The Morgan fingerprint density at radius 3 is 2.92 bits per heavy atom. The molecule has 3 heterocycles. The average Bonchev–Trinajstić information content (AvgIpc) is 3.18. The van der Waals surface area contributed by atoms with Crippen molar-refractivity contribution in [1.82, 2.24) is 20.4 Å². The van der Waals surface area contributed by atoms with Gasteiger partial charge in [-0.05, 0) is 62.2 Å². The second-order valence-corrected chi connectivity index (χ2v) is 8.15. The van der Waals surface area contributed by atoms with E-state index in [0.717, 1.165) is 43.7 Å². The minimum absolute atomic E-state index is 0. The summed E-state index contributed by atoms with van der Waals surface area (Å²) >= 11 is 8.01. The molecule has 2 aromatic rings. The van der Waals surface area contributed by atoms with Crippen molar-refractivity contribution in [1.29, 1.82) is 0 Å². The molecule has 1 aromatic heterocycles. The van der Waals surface area contributed by atoms with Crippen LogP contribution in [0, 0.1) is 0 Å². The summed E-state index contributed by atoms with van der Waals surface area (Å²) in [4.78, 5) is 14.5. The minimum Gasteiger partial charge on any atom is -0.347 e. The summed E-state index contributed by atoms with van der Waals surface area (Å²) in [6.45, 7) is 1.63. The topological polar surface area (TPSA) is 59.0 Å². The number of carbonyl (C=O) groups excluding carboxylic acids is 1. The van der Waals surface area contributed by atoms with E-state index in [2.05, 4.69) is 21.8 Å². The molecular weight excluding hydrogens is 391 g/mol. The number of nitrogens with one attached hydrogen (secondary N) is 2. The summed E-state index contributed by atoms with van der Waals surface area (Å²) in [5, 5.41) is 11.7. The minimum atomic E-state index is -0.613. The average molecular weight is 413 g/mol. The zero-order valence-electron chi connectivity index (χ0n) is 14.3. The van der Waals surface area contributed by atoms with E-state index < -0.39 is 5.54 Å². The molecular formula is C18H22Cl2N4OS. The Balaban J connectivity index is 0.00000196. The number of aromatic nitrogens is 2. The Labute approximate surface area is 168 Å². The van der Waals surface area contributed by atoms with Gasteiger partial charge in [0, 0.05) is 28.1 Å². The molecule has 0 bridgehead atoms. The van der Waals surface area contributed by atoms with Gasteiger partial charge in [0.1, 0.15) is 5.54 Å². The van der Waals surface area contributed by atoms with Crippen LogP contribution >= 0.6 is 35.8 Å². The first-order valence-corrected chi connectivity index (χ1v) is 9.99. The van der Waals surface area contributed by atoms with Gasteiger partial charge in [-0.15, -0.1) is 24.2 Å². The van der Waals surface area contributed by atoms with Crippen LogP contribution in [0.1, 0.15) is 30.9 Å². The highest BCUT2D eigenvalue weighted by molar-refractivity contribution is 7.99. The fraction of sp³-hybridized carbons (Fsp3) is 0.444. The number of piperidine rings is 1. The van der Waals surface area contributed by atoms with Crippen LogP contribution in [0.4, 0.5) is 0 Å². The summed E-state index contributed by atoms with van der Waals surface area (Å²) in [7, 11) is 0. The maximum absolute atomic E-state index is 13.3. The van der Waals surface area contributed by atoms with Crippen LogP contribution in [0.2, 0.25) is 5.02 Å². The Morgan fingerprint density at radius 1 is 1.38 bits per heavy atom. The molecule has 2 aliphatic heterocycles. The van der Waals surface area contributed by atoms with Gasteiger partial charge >= 0.3 is 0 Å². The number of thioether (sulfide) groups is 1. The molecule has 0 saturated carbocycles. The van der Waals surface area contributed by atoms with Gasteiger partial charge in [-0.1, -0.05) is 11.6 Å². The van der Waals surface area contributed by atoms with Crippen LogP contribution in [0.5, 0.6) is 0 Å². The molecule has 0 aliphatic carbocycles. The number of carbonyl (C=O) groups is 1. The number of rotatable bonds is 3. The predicted octanol–water partition coefficient (Wildman–Crippen LogP) is 3.39. The van der Waals surface area contributed by atoms with Crippen molar-refractivity contribution in [3.05, 3.63) is 47.2 Å². The molecule has 8 heteroatoms. The summed E-state index contributed by atoms with van der Waals surface area (Å²) in [6, 6.07) is 7.83. The highest BCUT2D eigenvalue weighted by Gasteiger charge is 2.43. The van der Waals surface area contributed by atoms with E-state index in [4.69, 9.17) is 11.6 Å². The molecule has 2 aliphatic rings. The van der Waals surface area contributed by atoms with E-state index in [0.29, 0.717) is 5.02 Å². The first-order chi connectivity index (χ1) is 12.2. The molecule has 1 fully saturated rings. The molecule has 1 amide bonds. The number of halogens is 2. The quantitative estimate of drug-likeness (QED) is 0.810. The van der Waals surface area contributed by atoms with E-state index in [1.54, 1.807) is 6.20 Å². The number of nitrogens with zero attached hydrogens (tertiary/aromatic N) is 2. The van der Waals surface area contributed by atoms with Crippen LogP contribution in [-0.4, -0.2) is 34.5 Å². The monoisotopic (exact) mass is 412 g/mol. The second-order valence-electron chi connectivity index (χ2n) is 6.58. The molecule has 1 aromatic carbocycles. The van der Waals surface area contributed by atoms with Crippen LogP contribution in [0.25, 0.3) is 0 Å². The molecule has 2 N–H and O–H groups in total. The Morgan fingerprint density at radius 2 is 2.19 bits per heavy atom. The Bertz CT molecular complexity index is 763. The van der Waals surface area contributed by atoms with Crippen LogP contribution < -0.4 is 10.6 Å². The number of amides is 1. The maximum Gasteiger partial charge on any atom is 0.248 e. The third-order valence-electron chi connectivity index (χ3n) is 5.11. The fourth-order valence-corrected chi connectivity index (χ4v) is 5.02. The highest BCUT2D eigenvalue weighted by atomic mass is 35.5. The van der Waals surface area contributed by atoms with Gasteiger partial charge in [-0.2, -0.15) is 5.10 Å². The normalized spacial score (nSPS) is 21.3. The van der Waals surface area contributed by atoms with Gasteiger partial charge in [0.25, 0.3) is 0 Å². The van der Waals surface area contributed by atoms with Gasteiger partial charge in [-0.3, -0.25) is 9.48 Å². The fourth-order valence-electron chi connectivity index (χ4n) is 3.73. The predicted molar refractivity (Wildman–Crippen MR) is 107 cm³/mol. The van der Waals surface area contributed by atoms with Crippen molar-refractivity contribution < 1.29 is 4.79 Å². The van der Waals surface area contributed by atoms with E-state index >= 15 is 0 Å². The van der Waals surface area contributed by atoms with Gasteiger partial charge in [0.05, 0.1) is 6.04 Å². The standard InChI is InChI=1S/C18H21ClN4OS.ClH/c19-13-2-3-16-14(12-13)15(4-11-25-16)22-17(24)18(5-8-20-9-6-18)23-10-1-7-21-23;/h1-3,7,10,12,15,20H,4-6,8-9,11H2,(H,22,24);1H. The summed E-state index contributed by atoms with van der Waals surface area (Å²) in [5.74, 6) is 1.05. The number of hydrogen-bond donors (Lipinski definition) is 2. The van der Waals surface area contributed by atoms with Crippen molar-refractivity contribution in [3.63, 3.8) is 0 Å². The lowest BCUT2D eigenvalue weighted by Crippen LogP contribution is -2.55. The Hall–Kier alpha value is -1.21. The van der Waals surface area contributed by atoms with E-state index in [1.807, 2.05) is 40.8 Å². The first kappa shape index (κ1) is 19.5.